The van der Waals surface area contributed by atoms with Gasteiger partial charge in [0.2, 0.25) is 0 Å². The normalized spacial score (nSPS) is 15.6. The van der Waals surface area contributed by atoms with Crippen molar-refractivity contribution in [3.63, 3.8) is 0 Å². The van der Waals surface area contributed by atoms with Crippen LogP contribution in [0.4, 0.5) is 0 Å². The fourth-order valence-corrected chi connectivity index (χ4v) is 1.10. The number of carboxylic acids is 1. The molecule has 0 bridgehead atoms. The van der Waals surface area contributed by atoms with Crippen LogP contribution in [0.25, 0.3) is 0 Å². The zero-order chi connectivity index (χ0) is 9.56. The first kappa shape index (κ1) is 11.5. The van der Waals surface area contributed by atoms with Crippen molar-refractivity contribution in [2.45, 2.75) is 46.5 Å². The van der Waals surface area contributed by atoms with Crippen LogP contribution in [0.5, 0.6) is 0 Å². The second kappa shape index (κ2) is 6.04. The number of hydrogen-bond donors (Lipinski definition) is 1. The molecule has 0 aromatic heterocycles. The highest BCUT2D eigenvalue weighted by molar-refractivity contribution is 5.69. The lowest BCUT2D eigenvalue weighted by Gasteiger charge is -2.09. The molecule has 2 nitrogen and oxygen atoms in total. The average Bonchev–Trinajstić information content (AvgIpc) is 2.03. The third kappa shape index (κ3) is 5.16. The third-order valence-electron chi connectivity index (χ3n) is 2.45. The number of hydrogen-bond acceptors (Lipinski definition) is 1. The second-order valence-electron chi connectivity index (χ2n) is 3.68. The molecule has 0 fully saturated rings. The van der Waals surface area contributed by atoms with Gasteiger partial charge in [-0.05, 0) is 12.3 Å². The van der Waals surface area contributed by atoms with E-state index in [-0.39, 0.29) is 5.92 Å². The maximum atomic E-state index is 10.4. The number of carboxylic acid groups (broad SMARTS) is 1. The van der Waals surface area contributed by atoms with Gasteiger partial charge in [0.25, 0.3) is 0 Å². The minimum absolute atomic E-state index is 0.172. The second-order valence-corrected chi connectivity index (χ2v) is 3.68. The molecule has 0 aliphatic carbocycles. The fourth-order valence-electron chi connectivity index (χ4n) is 1.10. The molecule has 0 spiro atoms. The van der Waals surface area contributed by atoms with Crippen molar-refractivity contribution in [1.82, 2.24) is 0 Å². The summed E-state index contributed by atoms with van der Waals surface area (Å²) < 4.78 is 0. The van der Waals surface area contributed by atoms with Crippen LogP contribution in [0.15, 0.2) is 0 Å². The van der Waals surface area contributed by atoms with Gasteiger partial charge in [-0.3, -0.25) is 4.79 Å². The molecule has 2 atom stereocenters. The Kier molecular flexibility index (Phi) is 5.77. The van der Waals surface area contributed by atoms with Gasteiger partial charge in [-0.1, -0.05) is 40.0 Å². The lowest BCUT2D eigenvalue weighted by Crippen LogP contribution is -2.09. The van der Waals surface area contributed by atoms with E-state index in [1.54, 1.807) is 6.92 Å². The standard InChI is InChI=1S/C10H20O2/c1-4-8(2)6-5-7-9(3)10(11)12/h8-9H,4-7H2,1-3H3,(H,11,12). The molecule has 2 heteroatoms. The van der Waals surface area contributed by atoms with E-state index in [0.29, 0.717) is 0 Å². The fraction of sp³-hybridized carbons (Fsp3) is 0.900. The van der Waals surface area contributed by atoms with Crippen molar-refractivity contribution >= 4 is 5.97 Å². The summed E-state index contributed by atoms with van der Waals surface area (Å²) in [6.07, 6.45) is 4.22. The SMILES string of the molecule is CCC(C)CCCC(C)C(=O)O. The molecular weight excluding hydrogens is 152 g/mol. The largest absolute Gasteiger partial charge is 0.481 e. The van der Waals surface area contributed by atoms with Crippen LogP contribution in [-0.2, 0) is 4.79 Å². The molecule has 1 N–H and O–H groups in total. The minimum atomic E-state index is -0.667. The van der Waals surface area contributed by atoms with Gasteiger partial charge >= 0.3 is 5.97 Å². The van der Waals surface area contributed by atoms with Gasteiger partial charge in [-0.25, -0.2) is 0 Å². The molecule has 0 heterocycles. The summed E-state index contributed by atoms with van der Waals surface area (Å²) >= 11 is 0. The zero-order valence-corrected chi connectivity index (χ0v) is 8.34. The van der Waals surface area contributed by atoms with Gasteiger partial charge in [0.1, 0.15) is 0 Å². The summed E-state index contributed by atoms with van der Waals surface area (Å²) in [5, 5.41) is 8.60. The summed E-state index contributed by atoms with van der Waals surface area (Å²) in [5.74, 6) is -0.0980. The molecule has 0 radical (unpaired) electrons. The molecule has 0 aromatic rings. The van der Waals surface area contributed by atoms with E-state index in [2.05, 4.69) is 13.8 Å². The summed E-state index contributed by atoms with van der Waals surface area (Å²) in [6.45, 7) is 6.16. The first-order valence-electron chi connectivity index (χ1n) is 4.80. The zero-order valence-electron chi connectivity index (χ0n) is 8.34. The first-order valence-corrected chi connectivity index (χ1v) is 4.80. The van der Waals surface area contributed by atoms with E-state index in [1.807, 2.05) is 0 Å². The average molecular weight is 172 g/mol. The van der Waals surface area contributed by atoms with E-state index in [9.17, 15) is 4.79 Å². The minimum Gasteiger partial charge on any atom is -0.481 e. The van der Waals surface area contributed by atoms with Crippen LogP contribution in [0.1, 0.15) is 46.5 Å². The van der Waals surface area contributed by atoms with E-state index in [0.717, 1.165) is 25.2 Å². The molecule has 2 unspecified atom stereocenters. The third-order valence-corrected chi connectivity index (χ3v) is 2.45. The van der Waals surface area contributed by atoms with Gasteiger partial charge in [-0.15, -0.1) is 0 Å². The Hall–Kier alpha value is -0.530. The summed E-state index contributed by atoms with van der Waals surface area (Å²) in [6, 6.07) is 0. The molecule has 0 aliphatic rings. The molecule has 0 aromatic carbocycles. The predicted octanol–water partition coefficient (Wildman–Crippen LogP) is 2.92. The van der Waals surface area contributed by atoms with Gasteiger partial charge in [-0.2, -0.15) is 0 Å². The molecule has 0 aliphatic heterocycles. The molecule has 0 saturated heterocycles. The Balaban J connectivity index is 3.37. The van der Waals surface area contributed by atoms with Gasteiger partial charge in [0.15, 0.2) is 0 Å². The van der Waals surface area contributed by atoms with E-state index < -0.39 is 5.97 Å². The van der Waals surface area contributed by atoms with Crippen LogP contribution in [0.2, 0.25) is 0 Å². The first-order chi connectivity index (χ1) is 5.57. The van der Waals surface area contributed by atoms with Crippen LogP contribution >= 0.6 is 0 Å². The van der Waals surface area contributed by atoms with Crippen molar-refractivity contribution in [2.24, 2.45) is 11.8 Å². The molecule has 72 valence electrons. The molecular formula is C10H20O2. The Morgan fingerprint density at radius 1 is 1.33 bits per heavy atom. The molecule has 0 saturated carbocycles. The van der Waals surface area contributed by atoms with Gasteiger partial charge < -0.3 is 5.11 Å². The van der Waals surface area contributed by atoms with E-state index in [4.69, 9.17) is 5.11 Å². The number of rotatable bonds is 6. The van der Waals surface area contributed by atoms with Crippen LogP contribution in [-0.4, -0.2) is 11.1 Å². The Labute approximate surface area is 75.0 Å². The predicted molar refractivity (Wildman–Crippen MR) is 50.1 cm³/mol. The van der Waals surface area contributed by atoms with Crippen molar-refractivity contribution in [2.75, 3.05) is 0 Å². The van der Waals surface area contributed by atoms with Crippen molar-refractivity contribution < 1.29 is 9.90 Å². The summed E-state index contributed by atoms with van der Waals surface area (Å²) in [7, 11) is 0. The van der Waals surface area contributed by atoms with Gasteiger partial charge in [0.05, 0.1) is 5.92 Å². The summed E-state index contributed by atoms with van der Waals surface area (Å²) in [5.41, 5.74) is 0. The van der Waals surface area contributed by atoms with Crippen LogP contribution < -0.4 is 0 Å². The van der Waals surface area contributed by atoms with Crippen molar-refractivity contribution in [3.8, 4) is 0 Å². The monoisotopic (exact) mass is 172 g/mol. The Bertz CT molecular complexity index is 132. The highest BCUT2D eigenvalue weighted by Gasteiger charge is 2.10. The van der Waals surface area contributed by atoms with E-state index in [1.165, 1.54) is 6.42 Å². The quantitative estimate of drug-likeness (QED) is 0.668. The topological polar surface area (TPSA) is 37.3 Å². The Morgan fingerprint density at radius 2 is 1.92 bits per heavy atom. The molecule has 0 amide bonds. The maximum absolute atomic E-state index is 10.4. The maximum Gasteiger partial charge on any atom is 0.306 e. The lowest BCUT2D eigenvalue weighted by molar-refractivity contribution is -0.141. The highest BCUT2D eigenvalue weighted by atomic mass is 16.4. The smallest absolute Gasteiger partial charge is 0.306 e. The van der Waals surface area contributed by atoms with Gasteiger partial charge in [0, 0.05) is 0 Å². The number of aliphatic carboxylic acids is 1. The van der Waals surface area contributed by atoms with Crippen LogP contribution in [0.3, 0.4) is 0 Å². The van der Waals surface area contributed by atoms with E-state index >= 15 is 0 Å². The lowest BCUT2D eigenvalue weighted by atomic mass is 9.97. The summed E-state index contributed by atoms with van der Waals surface area (Å²) in [4.78, 5) is 10.4. The number of carbonyl (C=O) groups is 1. The van der Waals surface area contributed by atoms with Crippen LogP contribution in [0, 0.1) is 11.8 Å². The van der Waals surface area contributed by atoms with Crippen molar-refractivity contribution in [1.29, 1.82) is 0 Å². The van der Waals surface area contributed by atoms with Crippen molar-refractivity contribution in [3.05, 3.63) is 0 Å². The highest BCUT2D eigenvalue weighted by Crippen LogP contribution is 2.14. The Morgan fingerprint density at radius 3 is 2.33 bits per heavy atom. The molecule has 0 rings (SSSR count). The molecule has 12 heavy (non-hydrogen) atoms.